The fourth-order valence-electron chi connectivity index (χ4n) is 2.69. The molecule has 3 aromatic rings. The molecule has 0 aliphatic heterocycles. The van der Waals surface area contributed by atoms with E-state index in [1.54, 1.807) is 12.7 Å². The predicted molar refractivity (Wildman–Crippen MR) is 86.4 cm³/mol. The molecule has 0 saturated carbocycles. The summed E-state index contributed by atoms with van der Waals surface area (Å²) in [4.78, 5) is 12.2. The van der Waals surface area contributed by atoms with Crippen LogP contribution in [0.4, 0.5) is 0 Å². The highest BCUT2D eigenvalue weighted by atomic mass is 16.3. The van der Waals surface area contributed by atoms with Gasteiger partial charge in [-0.25, -0.2) is 9.97 Å². The average molecular weight is 296 g/mol. The van der Waals surface area contributed by atoms with Crippen molar-refractivity contribution in [2.24, 2.45) is 0 Å². The maximum atomic E-state index is 9.67. The number of aliphatic hydroxyl groups excluding tert-OH is 1. The van der Waals surface area contributed by atoms with Gasteiger partial charge < -0.3 is 14.7 Å². The first-order valence-electron chi connectivity index (χ1n) is 7.49. The van der Waals surface area contributed by atoms with Crippen molar-refractivity contribution in [1.82, 2.24) is 19.5 Å². The van der Waals surface area contributed by atoms with Crippen LogP contribution in [0.5, 0.6) is 0 Å². The molecule has 0 fully saturated rings. The highest BCUT2D eigenvalue weighted by Crippen LogP contribution is 2.33. The molecule has 0 aliphatic rings. The molecule has 0 radical (unpaired) electrons. The van der Waals surface area contributed by atoms with Crippen LogP contribution in [0.3, 0.4) is 0 Å². The quantitative estimate of drug-likeness (QED) is 0.760. The maximum Gasteiger partial charge on any atom is 0.110 e. The van der Waals surface area contributed by atoms with Gasteiger partial charge in [-0.2, -0.15) is 0 Å². The van der Waals surface area contributed by atoms with E-state index in [0.717, 1.165) is 34.8 Å². The van der Waals surface area contributed by atoms with Crippen LogP contribution < -0.4 is 0 Å². The van der Waals surface area contributed by atoms with Gasteiger partial charge in [-0.1, -0.05) is 37.3 Å². The monoisotopic (exact) mass is 296 g/mol. The van der Waals surface area contributed by atoms with Crippen LogP contribution in [0.15, 0.2) is 43.0 Å². The molecule has 3 rings (SSSR count). The van der Waals surface area contributed by atoms with E-state index in [2.05, 4.69) is 21.9 Å². The van der Waals surface area contributed by atoms with Gasteiger partial charge in [0.25, 0.3) is 0 Å². The van der Waals surface area contributed by atoms with Crippen molar-refractivity contribution in [3.63, 3.8) is 0 Å². The minimum absolute atomic E-state index is 0.00365. The minimum Gasteiger partial charge on any atom is -0.394 e. The standard InChI is InChI=1S/C17H20N4O/c1-3-14(9-22)21-11-20-16(13-7-5-4-6-8-13)17(21)15-12(2)18-10-19-15/h4-8,10-11,14,22H,3,9H2,1-2H3,(H,18,19)/t14-/m0/s1. The summed E-state index contributed by atoms with van der Waals surface area (Å²) in [6.07, 6.45) is 4.32. The Morgan fingerprint density at radius 2 is 1.95 bits per heavy atom. The normalized spacial score (nSPS) is 12.5. The topological polar surface area (TPSA) is 66.7 Å². The van der Waals surface area contributed by atoms with E-state index >= 15 is 0 Å². The Bertz CT molecular complexity index is 741. The summed E-state index contributed by atoms with van der Waals surface area (Å²) in [7, 11) is 0. The molecule has 0 bridgehead atoms. The summed E-state index contributed by atoms with van der Waals surface area (Å²) in [6.45, 7) is 4.14. The Kier molecular flexibility index (Phi) is 4.06. The predicted octanol–water partition coefficient (Wildman–Crippen LogP) is 3.19. The van der Waals surface area contributed by atoms with Crippen molar-refractivity contribution >= 4 is 0 Å². The molecule has 0 saturated heterocycles. The number of hydrogen-bond donors (Lipinski definition) is 2. The Hall–Kier alpha value is -2.40. The first-order chi connectivity index (χ1) is 10.8. The number of rotatable bonds is 5. The number of H-pyrrole nitrogens is 1. The van der Waals surface area contributed by atoms with Crippen molar-refractivity contribution in [3.8, 4) is 22.6 Å². The molecule has 2 N–H and O–H groups in total. The summed E-state index contributed by atoms with van der Waals surface area (Å²) in [5.74, 6) is 0. The molecule has 2 heterocycles. The second-order valence-corrected chi connectivity index (χ2v) is 5.34. The van der Waals surface area contributed by atoms with E-state index in [1.165, 1.54) is 0 Å². The van der Waals surface area contributed by atoms with E-state index in [1.807, 2.05) is 41.8 Å². The van der Waals surface area contributed by atoms with Crippen molar-refractivity contribution in [3.05, 3.63) is 48.7 Å². The van der Waals surface area contributed by atoms with Crippen LogP contribution in [0.1, 0.15) is 25.1 Å². The molecule has 1 aromatic carbocycles. The second kappa shape index (κ2) is 6.15. The molecular formula is C17H20N4O. The third-order valence-corrected chi connectivity index (χ3v) is 3.97. The average Bonchev–Trinajstić information content (AvgIpc) is 3.15. The number of nitrogens with zero attached hydrogens (tertiary/aromatic N) is 3. The Morgan fingerprint density at radius 3 is 2.55 bits per heavy atom. The van der Waals surface area contributed by atoms with E-state index in [0.29, 0.717) is 0 Å². The van der Waals surface area contributed by atoms with Gasteiger partial charge in [-0.15, -0.1) is 0 Å². The van der Waals surface area contributed by atoms with Gasteiger partial charge in [-0.05, 0) is 13.3 Å². The fourth-order valence-corrected chi connectivity index (χ4v) is 2.69. The van der Waals surface area contributed by atoms with E-state index in [9.17, 15) is 5.11 Å². The van der Waals surface area contributed by atoms with Gasteiger partial charge in [-0.3, -0.25) is 0 Å². The number of imidazole rings is 2. The number of aromatic amines is 1. The third-order valence-electron chi connectivity index (χ3n) is 3.97. The summed E-state index contributed by atoms with van der Waals surface area (Å²) in [6, 6.07) is 10.1. The zero-order chi connectivity index (χ0) is 15.5. The smallest absolute Gasteiger partial charge is 0.110 e. The number of aliphatic hydroxyl groups is 1. The minimum atomic E-state index is -0.00365. The Morgan fingerprint density at radius 1 is 1.18 bits per heavy atom. The molecule has 2 aromatic heterocycles. The van der Waals surface area contributed by atoms with Gasteiger partial charge in [0.1, 0.15) is 5.69 Å². The highest BCUT2D eigenvalue weighted by Gasteiger charge is 2.21. The largest absolute Gasteiger partial charge is 0.394 e. The Balaban J connectivity index is 2.22. The SMILES string of the molecule is CC[C@@H](CO)n1cnc(-c2ccccc2)c1-c1nc[nH]c1C. The lowest BCUT2D eigenvalue weighted by atomic mass is 10.1. The van der Waals surface area contributed by atoms with Gasteiger partial charge in [0, 0.05) is 11.3 Å². The van der Waals surface area contributed by atoms with Crippen LogP contribution in [0, 0.1) is 6.92 Å². The summed E-state index contributed by atoms with van der Waals surface area (Å²) < 4.78 is 2.03. The third kappa shape index (κ3) is 2.44. The zero-order valence-electron chi connectivity index (χ0n) is 12.8. The van der Waals surface area contributed by atoms with Gasteiger partial charge >= 0.3 is 0 Å². The summed E-state index contributed by atoms with van der Waals surface area (Å²) in [5.41, 5.74) is 4.76. The lowest BCUT2D eigenvalue weighted by Gasteiger charge is -2.17. The van der Waals surface area contributed by atoms with Crippen LogP contribution in [-0.4, -0.2) is 31.2 Å². The number of hydrogen-bond acceptors (Lipinski definition) is 3. The van der Waals surface area contributed by atoms with Gasteiger partial charge in [0.15, 0.2) is 0 Å². The summed E-state index contributed by atoms with van der Waals surface area (Å²) in [5, 5.41) is 9.67. The molecule has 0 unspecified atom stereocenters. The zero-order valence-corrected chi connectivity index (χ0v) is 12.8. The molecule has 114 valence electrons. The van der Waals surface area contributed by atoms with Crippen molar-refractivity contribution in [1.29, 1.82) is 0 Å². The molecule has 0 amide bonds. The fraction of sp³-hybridized carbons (Fsp3) is 0.294. The van der Waals surface area contributed by atoms with Gasteiger partial charge in [0.2, 0.25) is 0 Å². The number of aryl methyl sites for hydroxylation is 1. The molecule has 5 nitrogen and oxygen atoms in total. The molecule has 0 spiro atoms. The molecule has 22 heavy (non-hydrogen) atoms. The lowest BCUT2D eigenvalue weighted by molar-refractivity contribution is 0.225. The first-order valence-corrected chi connectivity index (χ1v) is 7.49. The highest BCUT2D eigenvalue weighted by molar-refractivity contribution is 5.77. The maximum absolute atomic E-state index is 9.67. The first kappa shape index (κ1) is 14.5. The van der Waals surface area contributed by atoms with Crippen molar-refractivity contribution in [2.75, 3.05) is 6.61 Å². The number of aromatic nitrogens is 4. The second-order valence-electron chi connectivity index (χ2n) is 5.34. The van der Waals surface area contributed by atoms with E-state index in [-0.39, 0.29) is 12.6 Å². The van der Waals surface area contributed by atoms with Crippen LogP contribution >= 0.6 is 0 Å². The van der Waals surface area contributed by atoms with E-state index in [4.69, 9.17) is 0 Å². The summed E-state index contributed by atoms with van der Waals surface area (Å²) >= 11 is 0. The number of nitrogens with one attached hydrogen (secondary N) is 1. The van der Waals surface area contributed by atoms with Crippen LogP contribution in [-0.2, 0) is 0 Å². The number of benzene rings is 1. The van der Waals surface area contributed by atoms with Crippen molar-refractivity contribution in [2.45, 2.75) is 26.3 Å². The van der Waals surface area contributed by atoms with Crippen molar-refractivity contribution < 1.29 is 5.11 Å². The molecule has 5 heteroatoms. The molecular weight excluding hydrogens is 276 g/mol. The van der Waals surface area contributed by atoms with Gasteiger partial charge in [0.05, 0.1) is 36.7 Å². The lowest BCUT2D eigenvalue weighted by Crippen LogP contribution is -2.13. The van der Waals surface area contributed by atoms with Crippen LogP contribution in [0.2, 0.25) is 0 Å². The Labute approximate surface area is 129 Å². The molecule has 1 atom stereocenters. The molecule has 0 aliphatic carbocycles. The van der Waals surface area contributed by atoms with Crippen LogP contribution in [0.25, 0.3) is 22.6 Å². The van der Waals surface area contributed by atoms with E-state index < -0.39 is 0 Å².